The van der Waals surface area contributed by atoms with Crippen LogP contribution in [0, 0.1) is 0 Å². The number of nitrogens with one attached hydrogen (secondary N) is 2. The van der Waals surface area contributed by atoms with Gasteiger partial charge in [-0.25, -0.2) is 4.98 Å². The first-order valence-electron chi connectivity index (χ1n) is 7.56. The molecule has 0 spiro atoms. The van der Waals surface area contributed by atoms with Gasteiger partial charge in [-0.2, -0.15) is 0 Å². The highest BCUT2D eigenvalue weighted by atomic mass is 16.5. The maximum absolute atomic E-state index is 11.8. The Labute approximate surface area is 125 Å². The van der Waals surface area contributed by atoms with Gasteiger partial charge in [-0.1, -0.05) is 6.92 Å². The van der Waals surface area contributed by atoms with Crippen LogP contribution in [0.3, 0.4) is 0 Å². The summed E-state index contributed by atoms with van der Waals surface area (Å²) in [6, 6.07) is 1.54. The highest BCUT2D eigenvalue weighted by Gasteiger charge is 2.23. The number of likely N-dealkylation sites (N-methyl/N-ethyl adjacent to an activating group) is 1. The maximum Gasteiger partial charge on any atom is 0.251 e. The molecule has 0 aromatic carbocycles. The van der Waals surface area contributed by atoms with Crippen LogP contribution in [0.25, 0.3) is 0 Å². The standard InChI is InChI=1S/C15H26N4O2/c1-5-19-6-7-21-12(10-19)14-17-11(8-13(20)18-14)9-16-15(2,3)4/h8,12,16H,5-7,9-10H2,1-4H3,(H,17,18,20). The van der Waals surface area contributed by atoms with Gasteiger partial charge in [-0.3, -0.25) is 9.69 Å². The maximum atomic E-state index is 11.8. The van der Waals surface area contributed by atoms with E-state index in [9.17, 15) is 4.79 Å². The lowest BCUT2D eigenvalue weighted by atomic mass is 10.1. The van der Waals surface area contributed by atoms with Crippen molar-refractivity contribution in [3.8, 4) is 0 Å². The number of ether oxygens (including phenoxy) is 1. The second-order valence-electron chi connectivity index (χ2n) is 6.48. The number of morpholine rings is 1. The van der Waals surface area contributed by atoms with Gasteiger partial charge in [0, 0.05) is 31.2 Å². The van der Waals surface area contributed by atoms with E-state index in [2.05, 4.69) is 47.9 Å². The van der Waals surface area contributed by atoms with Gasteiger partial charge in [-0.15, -0.1) is 0 Å². The second-order valence-corrected chi connectivity index (χ2v) is 6.48. The van der Waals surface area contributed by atoms with Gasteiger partial charge >= 0.3 is 0 Å². The zero-order valence-corrected chi connectivity index (χ0v) is 13.4. The van der Waals surface area contributed by atoms with Crippen molar-refractivity contribution in [1.82, 2.24) is 20.2 Å². The molecule has 0 amide bonds. The van der Waals surface area contributed by atoms with Crippen LogP contribution in [0.15, 0.2) is 10.9 Å². The Bertz CT molecular complexity index is 521. The van der Waals surface area contributed by atoms with Gasteiger partial charge in [0.2, 0.25) is 0 Å². The average molecular weight is 294 g/mol. The number of hydrogen-bond donors (Lipinski definition) is 2. The molecule has 2 heterocycles. The molecule has 0 bridgehead atoms. The Balaban J connectivity index is 2.13. The number of hydrogen-bond acceptors (Lipinski definition) is 5. The van der Waals surface area contributed by atoms with Crippen molar-refractivity contribution in [2.45, 2.75) is 45.9 Å². The summed E-state index contributed by atoms with van der Waals surface area (Å²) < 4.78 is 5.76. The highest BCUT2D eigenvalue weighted by Crippen LogP contribution is 2.18. The Morgan fingerprint density at radius 3 is 2.95 bits per heavy atom. The third kappa shape index (κ3) is 4.91. The average Bonchev–Trinajstić information content (AvgIpc) is 2.44. The van der Waals surface area contributed by atoms with E-state index in [0.29, 0.717) is 19.0 Å². The van der Waals surface area contributed by atoms with Crippen LogP contribution in [0.4, 0.5) is 0 Å². The topological polar surface area (TPSA) is 70.2 Å². The van der Waals surface area contributed by atoms with Crippen LogP contribution in [0.2, 0.25) is 0 Å². The molecule has 2 N–H and O–H groups in total. The van der Waals surface area contributed by atoms with E-state index >= 15 is 0 Å². The van der Waals surface area contributed by atoms with Crippen LogP contribution in [-0.4, -0.2) is 46.6 Å². The predicted molar refractivity (Wildman–Crippen MR) is 82.3 cm³/mol. The molecule has 1 unspecified atom stereocenters. The molecule has 1 aliphatic heterocycles. The van der Waals surface area contributed by atoms with E-state index in [0.717, 1.165) is 25.3 Å². The lowest BCUT2D eigenvalue weighted by Gasteiger charge is -2.31. The zero-order valence-electron chi connectivity index (χ0n) is 13.4. The first kappa shape index (κ1) is 16.1. The van der Waals surface area contributed by atoms with Gasteiger partial charge < -0.3 is 15.0 Å². The number of H-pyrrole nitrogens is 1. The largest absolute Gasteiger partial charge is 0.368 e. The molecule has 1 fully saturated rings. The summed E-state index contributed by atoms with van der Waals surface area (Å²) in [5.41, 5.74) is 0.619. The van der Waals surface area contributed by atoms with E-state index < -0.39 is 0 Å². The number of nitrogens with zero attached hydrogens (tertiary/aromatic N) is 2. The van der Waals surface area contributed by atoms with Gasteiger partial charge in [0.15, 0.2) is 0 Å². The molecule has 6 nitrogen and oxygen atoms in total. The summed E-state index contributed by atoms with van der Waals surface area (Å²) in [5, 5.41) is 3.35. The number of aromatic nitrogens is 2. The van der Waals surface area contributed by atoms with Crippen LogP contribution in [0.1, 0.15) is 45.3 Å². The normalized spacial score (nSPS) is 20.7. The van der Waals surface area contributed by atoms with E-state index in [4.69, 9.17) is 4.74 Å². The van der Waals surface area contributed by atoms with Crippen molar-refractivity contribution in [1.29, 1.82) is 0 Å². The molecular formula is C15H26N4O2. The molecule has 1 aliphatic rings. The van der Waals surface area contributed by atoms with Crippen LogP contribution < -0.4 is 10.9 Å². The third-order valence-corrected chi connectivity index (χ3v) is 3.52. The molecule has 21 heavy (non-hydrogen) atoms. The molecule has 0 radical (unpaired) electrons. The smallest absolute Gasteiger partial charge is 0.251 e. The quantitative estimate of drug-likeness (QED) is 0.868. The van der Waals surface area contributed by atoms with Crippen LogP contribution >= 0.6 is 0 Å². The number of rotatable bonds is 4. The van der Waals surface area contributed by atoms with Crippen molar-refractivity contribution in [2.75, 3.05) is 26.2 Å². The van der Waals surface area contributed by atoms with Crippen molar-refractivity contribution < 1.29 is 4.74 Å². The molecule has 0 saturated carbocycles. The van der Waals surface area contributed by atoms with E-state index in [1.807, 2.05) is 0 Å². The summed E-state index contributed by atoms with van der Waals surface area (Å²) in [6.07, 6.45) is -0.152. The van der Waals surface area contributed by atoms with Crippen LogP contribution in [0.5, 0.6) is 0 Å². The van der Waals surface area contributed by atoms with E-state index in [-0.39, 0.29) is 17.2 Å². The fourth-order valence-electron chi connectivity index (χ4n) is 2.28. The highest BCUT2D eigenvalue weighted by molar-refractivity contribution is 5.06. The van der Waals surface area contributed by atoms with Crippen molar-refractivity contribution in [3.05, 3.63) is 27.9 Å². The Morgan fingerprint density at radius 2 is 2.29 bits per heavy atom. The van der Waals surface area contributed by atoms with Gasteiger partial charge in [0.05, 0.1) is 12.3 Å². The van der Waals surface area contributed by atoms with Crippen molar-refractivity contribution in [3.63, 3.8) is 0 Å². The summed E-state index contributed by atoms with van der Waals surface area (Å²) in [5.74, 6) is 0.631. The minimum absolute atomic E-state index is 0.00913. The van der Waals surface area contributed by atoms with Gasteiger partial charge in [0.25, 0.3) is 5.56 Å². The Hall–Kier alpha value is -1.24. The van der Waals surface area contributed by atoms with E-state index in [1.54, 1.807) is 6.07 Å². The SMILES string of the molecule is CCN1CCOC(c2nc(CNC(C)(C)C)cc(=O)[nH]2)C1. The number of aromatic amines is 1. The Kier molecular flexibility index (Phi) is 5.13. The third-order valence-electron chi connectivity index (χ3n) is 3.52. The Morgan fingerprint density at radius 1 is 1.52 bits per heavy atom. The molecule has 1 aromatic rings. The minimum Gasteiger partial charge on any atom is -0.368 e. The summed E-state index contributed by atoms with van der Waals surface area (Å²) in [4.78, 5) is 21.5. The zero-order chi connectivity index (χ0) is 15.5. The summed E-state index contributed by atoms with van der Waals surface area (Å²) in [6.45, 7) is 12.3. The molecule has 1 saturated heterocycles. The molecule has 1 aromatic heterocycles. The first-order chi connectivity index (χ1) is 9.87. The van der Waals surface area contributed by atoms with Crippen molar-refractivity contribution >= 4 is 0 Å². The first-order valence-corrected chi connectivity index (χ1v) is 7.56. The lowest BCUT2D eigenvalue weighted by molar-refractivity contribution is -0.0328. The molecule has 1 atom stereocenters. The molecule has 2 rings (SSSR count). The fourth-order valence-corrected chi connectivity index (χ4v) is 2.28. The molecule has 6 heteroatoms. The molecular weight excluding hydrogens is 268 g/mol. The van der Waals surface area contributed by atoms with Crippen LogP contribution in [-0.2, 0) is 11.3 Å². The summed E-state index contributed by atoms with van der Waals surface area (Å²) in [7, 11) is 0. The monoisotopic (exact) mass is 294 g/mol. The molecule has 118 valence electrons. The second kappa shape index (κ2) is 6.68. The van der Waals surface area contributed by atoms with Gasteiger partial charge in [-0.05, 0) is 27.3 Å². The molecule has 0 aliphatic carbocycles. The fraction of sp³-hybridized carbons (Fsp3) is 0.733. The lowest BCUT2D eigenvalue weighted by Crippen LogP contribution is -2.39. The van der Waals surface area contributed by atoms with Crippen molar-refractivity contribution in [2.24, 2.45) is 0 Å². The summed E-state index contributed by atoms with van der Waals surface area (Å²) >= 11 is 0. The van der Waals surface area contributed by atoms with E-state index in [1.165, 1.54) is 0 Å². The van der Waals surface area contributed by atoms with Gasteiger partial charge in [0.1, 0.15) is 11.9 Å². The minimum atomic E-state index is -0.152. The predicted octanol–water partition coefficient (Wildman–Crippen LogP) is 1.05.